The van der Waals surface area contributed by atoms with Crippen LogP contribution in [0, 0.1) is 11.8 Å². The summed E-state index contributed by atoms with van der Waals surface area (Å²) in [6.45, 7) is 9.89. The normalized spacial score (nSPS) is 15.5. The molecule has 3 heteroatoms. The van der Waals surface area contributed by atoms with Crippen molar-refractivity contribution in [2.75, 3.05) is 6.54 Å². The minimum atomic E-state index is -0.617. The second-order valence-electron chi connectivity index (χ2n) is 6.73. The molecule has 0 saturated carbocycles. The molecule has 3 atom stereocenters. The van der Waals surface area contributed by atoms with Crippen LogP contribution in [-0.2, 0) is 4.79 Å². The first-order valence-corrected chi connectivity index (χ1v) is 9.52. The average molecular weight is 314 g/mol. The van der Waals surface area contributed by atoms with E-state index in [0.717, 1.165) is 38.6 Å². The number of aliphatic carboxylic acids is 1. The molecule has 0 aromatic rings. The maximum Gasteiger partial charge on any atom is 0.306 e. The van der Waals surface area contributed by atoms with Gasteiger partial charge < -0.3 is 10.4 Å². The molecule has 0 amide bonds. The smallest absolute Gasteiger partial charge is 0.306 e. The van der Waals surface area contributed by atoms with E-state index in [1.807, 2.05) is 0 Å². The van der Waals surface area contributed by atoms with Gasteiger partial charge in [0, 0.05) is 6.04 Å². The summed E-state index contributed by atoms with van der Waals surface area (Å²) in [5.41, 5.74) is 0. The standard InChI is InChI=1S/C19H39NO2/c1-5-8-9-10-11-15-20-16(4)17(7-3)13-14-18(12-6-2)19(21)22/h16-18,20H,5-15H2,1-4H3,(H,21,22). The lowest BCUT2D eigenvalue weighted by Gasteiger charge is -2.25. The number of hydrogen-bond donors (Lipinski definition) is 2. The molecular formula is C19H39NO2. The predicted octanol–water partition coefficient (Wildman–Crippen LogP) is 5.24. The van der Waals surface area contributed by atoms with Crippen LogP contribution in [0.4, 0.5) is 0 Å². The van der Waals surface area contributed by atoms with Crippen molar-refractivity contribution in [3.8, 4) is 0 Å². The maximum absolute atomic E-state index is 11.2. The monoisotopic (exact) mass is 313 g/mol. The highest BCUT2D eigenvalue weighted by molar-refractivity contribution is 5.69. The van der Waals surface area contributed by atoms with Gasteiger partial charge in [-0.2, -0.15) is 0 Å². The molecule has 3 nitrogen and oxygen atoms in total. The van der Waals surface area contributed by atoms with Crippen molar-refractivity contribution in [3.63, 3.8) is 0 Å². The van der Waals surface area contributed by atoms with Crippen molar-refractivity contribution in [2.45, 2.75) is 97.9 Å². The summed E-state index contributed by atoms with van der Waals surface area (Å²) in [5, 5.41) is 12.9. The van der Waals surface area contributed by atoms with Crippen LogP contribution >= 0.6 is 0 Å². The van der Waals surface area contributed by atoms with E-state index in [1.54, 1.807) is 0 Å². The Bertz CT molecular complexity index is 268. The average Bonchev–Trinajstić information content (AvgIpc) is 2.50. The largest absolute Gasteiger partial charge is 0.481 e. The van der Waals surface area contributed by atoms with E-state index in [1.165, 1.54) is 32.1 Å². The minimum Gasteiger partial charge on any atom is -0.481 e. The summed E-state index contributed by atoms with van der Waals surface area (Å²) in [7, 11) is 0. The first kappa shape index (κ1) is 21.4. The molecule has 0 saturated heterocycles. The Hall–Kier alpha value is -0.570. The first-order chi connectivity index (χ1) is 10.6. The summed E-state index contributed by atoms with van der Waals surface area (Å²) in [5.74, 6) is -0.178. The van der Waals surface area contributed by atoms with E-state index in [-0.39, 0.29) is 5.92 Å². The van der Waals surface area contributed by atoms with Gasteiger partial charge in [-0.1, -0.05) is 59.3 Å². The molecule has 0 radical (unpaired) electrons. The van der Waals surface area contributed by atoms with Crippen molar-refractivity contribution in [3.05, 3.63) is 0 Å². The summed E-state index contributed by atoms with van der Waals surface area (Å²) >= 11 is 0. The van der Waals surface area contributed by atoms with Crippen LogP contribution < -0.4 is 5.32 Å². The number of hydrogen-bond acceptors (Lipinski definition) is 2. The zero-order valence-corrected chi connectivity index (χ0v) is 15.4. The van der Waals surface area contributed by atoms with Crippen LogP contribution in [0.15, 0.2) is 0 Å². The fraction of sp³-hybridized carbons (Fsp3) is 0.947. The number of nitrogens with one attached hydrogen (secondary N) is 1. The summed E-state index contributed by atoms with van der Waals surface area (Å²) in [6.07, 6.45) is 11.3. The summed E-state index contributed by atoms with van der Waals surface area (Å²) in [6, 6.07) is 0.493. The van der Waals surface area contributed by atoms with Gasteiger partial charge in [0.2, 0.25) is 0 Å². The van der Waals surface area contributed by atoms with Crippen LogP contribution in [0.25, 0.3) is 0 Å². The summed E-state index contributed by atoms with van der Waals surface area (Å²) < 4.78 is 0. The molecule has 0 aromatic carbocycles. The Labute approximate surface area is 138 Å². The van der Waals surface area contributed by atoms with Crippen molar-refractivity contribution >= 4 is 5.97 Å². The van der Waals surface area contributed by atoms with Gasteiger partial charge in [-0.3, -0.25) is 4.79 Å². The quantitative estimate of drug-likeness (QED) is 0.406. The van der Waals surface area contributed by atoms with E-state index < -0.39 is 5.97 Å². The van der Waals surface area contributed by atoms with E-state index >= 15 is 0 Å². The van der Waals surface area contributed by atoms with E-state index in [9.17, 15) is 9.90 Å². The van der Waals surface area contributed by atoms with Gasteiger partial charge >= 0.3 is 5.97 Å². The Balaban J connectivity index is 3.97. The molecule has 0 aliphatic rings. The van der Waals surface area contributed by atoms with Gasteiger partial charge in [-0.05, 0) is 45.1 Å². The van der Waals surface area contributed by atoms with Crippen molar-refractivity contribution in [1.82, 2.24) is 5.32 Å². The molecule has 0 aliphatic heterocycles. The first-order valence-electron chi connectivity index (χ1n) is 9.52. The number of carbonyl (C=O) groups is 1. The fourth-order valence-electron chi connectivity index (χ4n) is 3.19. The zero-order valence-electron chi connectivity index (χ0n) is 15.4. The van der Waals surface area contributed by atoms with Gasteiger partial charge in [0.05, 0.1) is 5.92 Å². The zero-order chi connectivity index (χ0) is 16.8. The van der Waals surface area contributed by atoms with Gasteiger partial charge in [-0.15, -0.1) is 0 Å². The lowest BCUT2D eigenvalue weighted by molar-refractivity contribution is -0.142. The number of carboxylic acid groups (broad SMARTS) is 1. The molecular weight excluding hydrogens is 274 g/mol. The Morgan fingerprint density at radius 2 is 1.64 bits per heavy atom. The molecule has 0 rings (SSSR count). The van der Waals surface area contributed by atoms with Gasteiger partial charge in [0.1, 0.15) is 0 Å². The van der Waals surface area contributed by atoms with Crippen LogP contribution in [0.5, 0.6) is 0 Å². The van der Waals surface area contributed by atoms with E-state index in [2.05, 4.69) is 33.0 Å². The van der Waals surface area contributed by atoms with E-state index in [4.69, 9.17) is 0 Å². The molecule has 0 fully saturated rings. The topological polar surface area (TPSA) is 49.3 Å². The highest BCUT2D eigenvalue weighted by Crippen LogP contribution is 2.22. The SMILES string of the molecule is CCCCCCCNC(C)C(CC)CCC(CCC)C(=O)O. The second kappa shape index (κ2) is 14.0. The molecule has 0 spiro atoms. The third kappa shape index (κ3) is 10.2. The second-order valence-corrected chi connectivity index (χ2v) is 6.73. The molecule has 0 aliphatic carbocycles. The molecule has 22 heavy (non-hydrogen) atoms. The lowest BCUT2D eigenvalue weighted by atomic mass is 9.87. The van der Waals surface area contributed by atoms with Gasteiger partial charge in [0.25, 0.3) is 0 Å². The fourth-order valence-corrected chi connectivity index (χ4v) is 3.19. The van der Waals surface area contributed by atoms with Crippen molar-refractivity contribution in [1.29, 1.82) is 0 Å². The van der Waals surface area contributed by atoms with Crippen molar-refractivity contribution in [2.24, 2.45) is 11.8 Å². The molecule has 0 bridgehead atoms. The number of rotatable bonds is 15. The Kier molecular flexibility index (Phi) is 13.7. The Morgan fingerprint density at radius 1 is 0.955 bits per heavy atom. The predicted molar refractivity (Wildman–Crippen MR) is 95.3 cm³/mol. The van der Waals surface area contributed by atoms with Crippen molar-refractivity contribution < 1.29 is 9.90 Å². The lowest BCUT2D eigenvalue weighted by Crippen LogP contribution is -2.34. The third-order valence-corrected chi connectivity index (χ3v) is 4.85. The van der Waals surface area contributed by atoms with Crippen LogP contribution in [0.3, 0.4) is 0 Å². The van der Waals surface area contributed by atoms with Gasteiger partial charge in [0.15, 0.2) is 0 Å². The highest BCUT2D eigenvalue weighted by atomic mass is 16.4. The Morgan fingerprint density at radius 3 is 2.18 bits per heavy atom. The van der Waals surface area contributed by atoms with Gasteiger partial charge in [-0.25, -0.2) is 0 Å². The maximum atomic E-state index is 11.2. The van der Waals surface area contributed by atoms with Crippen LogP contribution in [0.1, 0.15) is 91.9 Å². The van der Waals surface area contributed by atoms with Crippen LogP contribution in [-0.4, -0.2) is 23.7 Å². The molecule has 0 heterocycles. The van der Waals surface area contributed by atoms with Crippen LogP contribution in [0.2, 0.25) is 0 Å². The minimum absolute atomic E-state index is 0.153. The molecule has 3 unspecified atom stereocenters. The number of unbranched alkanes of at least 4 members (excludes halogenated alkanes) is 4. The number of carboxylic acids is 1. The third-order valence-electron chi connectivity index (χ3n) is 4.85. The molecule has 132 valence electrons. The highest BCUT2D eigenvalue weighted by Gasteiger charge is 2.20. The summed E-state index contributed by atoms with van der Waals surface area (Å²) in [4.78, 5) is 11.2. The molecule has 2 N–H and O–H groups in total. The van der Waals surface area contributed by atoms with E-state index in [0.29, 0.717) is 12.0 Å². The molecule has 0 aromatic heterocycles.